The third-order valence-corrected chi connectivity index (χ3v) is 5.26. The number of aromatic nitrogens is 2. The van der Waals surface area contributed by atoms with Crippen molar-refractivity contribution < 1.29 is 9.90 Å². The van der Waals surface area contributed by atoms with E-state index in [-0.39, 0.29) is 12.4 Å². The molecular weight excluding hydrogens is 342 g/mol. The Morgan fingerprint density at radius 3 is 2.74 bits per heavy atom. The minimum atomic E-state index is -0.830. The van der Waals surface area contributed by atoms with E-state index in [9.17, 15) is 4.79 Å². The van der Waals surface area contributed by atoms with Gasteiger partial charge >= 0.3 is 5.97 Å². The number of carboxylic acids is 1. The van der Waals surface area contributed by atoms with Gasteiger partial charge in [-0.1, -0.05) is 24.3 Å². The van der Waals surface area contributed by atoms with Crippen LogP contribution in [-0.4, -0.2) is 52.6 Å². The van der Waals surface area contributed by atoms with Crippen molar-refractivity contribution in [3.8, 4) is 0 Å². The van der Waals surface area contributed by atoms with Crippen molar-refractivity contribution >= 4 is 17.7 Å². The van der Waals surface area contributed by atoms with Gasteiger partial charge in [0.2, 0.25) is 5.95 Å². The van der Waals surface area contributed by atoms with Gasteiger partial charge in [-0.15, -0.1) is 0 Å². The number of aliphatic carboxylic acids is 1. The minimum Gasteiger partial charge on any atom is -0.481 e. The second-order valence-corrected chi connectivity index (χ2v) is 7.29. The first-order valence-corrected chi connectivity index (χ1v) is 9.18. The first-order chi connectivity index (χ1) is 12.8. The van der Waals surface area contributed by atoms with E-state index in [1.165, 1.54) is 11.1 Å². The van der Waals surface area contributed by atoms with Gasteiger partial charge in [-0.25, -0.2) is 4.98 Å². The predicted molar refractivity (Wildman–Crippen MR) is 106 cm³/mol. The van der Waals surface area contributed by atoms with Crippen molar-refractivity contribution in [1.82, 2.24) is 14.9 Å². The monoisotopic (exact) mass is 369 g/mol. The number of benzene rings is 1. The molecule has 3 N–H and O–H groups in total. The summed E-state index contributed by atoms with van der Waals surface area (Å²) in [5.41, 5.74) is 10.2. The Morgan fingerprint density at radius 1 is 1.33 bits per heavy atom. The van der Waals surface area contributed by atoms with Gasteiger partial charge in [-0.2, -0.15) is 4.98 Å². The van der Waals surface area contributed by atoms with Crippen LogP contribution in [0.4, 0.5) is 11.8 Å². The molecule has 0 fully saturated rings. The quantitative estimate of drug-likeness (QED) is 0.802. The summed E-state index contributed by atoms with van der Waals surface area (Å²) in [5, 5.41) is 9.05. The van der Waals surface area contributed by atoms with Crippen LogP contribution in [0.15, 0.2) is 24.3 Å². The normalized spacial score (nSPS) is 16.8. The molecule has 1 atom stereocenters. The summed E-state index contributed by atoms with van der Waals surface area (Å²) < 4.78 is 0. The van der Waals surface area contributed by atoms with E-state index < -0.39 is 5.97 Å². The number of hydrogen-bond donors (Lipinski definition) is 2. The number of nitrogens with zero attached hydrogens (tertiary/aromatic N) is 4. The van der Waals surface area contributed by atoms with Gasteiger partial charge in [-0.3, -0.25) is 9.69 Å². The van der Waals surface area contributed by atoms with Gasteiger partial charge in [0.05, 0.1) is 0 Å². The molecule has 2 aromatic rings. The maximum Gasteiger partial charge on any atom is 0.303 e. The molecule has 1 aliphatic heterocycles. The fourth-order valence-corrected chi connectivity index (χ4v) is 3.77. The maximum atomic E-state index is 11.0. The van der Waals surface area contributed by atoms with Crippen LogP contribution in [0.3, 0.4) is 0 Å². The summed E-state index contributed by atoms with van der Waals surface area (Å²) >= 11 is 0. The average Bonchev–Trinajstić information content (AvgIpc) is 2.60. The van der Waals surface area contributed by atoms with Crippen LogP contribution in [0.5, 0.6) is 0 Å². The summed E-state index contributed by atoms with van der Waals surface area (Å²) in [6.07, 6.45) is 1.41. The highest BCUT2D eigenvalue weighted by Gasteiger charge is 2.25. The van der Waals surface area contributed by atoms with Crippen molar-refractivity contribution in [2.45, 2.75) is 38.8 Å². The van der Waals surface area contributed by atoms with Crippen LogP contribution >= 0.6 is 0 Å². The van der Waals surface area contributed by atoms with Crippen molar-refractivity contribution in [1.29, 1.82) is 0 Å². The Balaban J connectivity index is 1.81. The molecule has 0 radical (unpaired) electrons. The molecule has 1 aromatic carbocycles. The molecule has 7 heteroatoms. The van der Waals surface area contributed by atoms with E-state index >= 15 is 0 Å². The van der Waals surface area contributed by atoms with E-state index in [1.54, 1.807) is 0 Å². The van der Waals surface area contributed by atoms with Crippen LogP contribution in [0.1, 0.15) is 28.8 Å². The number of nitrogen functional groups attached to an aromatic ring is 1. The molecule has 1 aromatic heterocycles. The zero-order valence-electron chi connectivity index (χ0n) is 16.1. The van der Waals surface area contributed by atoms with Crippen LogP contribution in [0.25, 0.3) is 0 Å². The third-order valence-electron chi connectivity index (χ3n) is 5.26. The summed E-state index contributed by atoms with van der Waals surface area (Å²) in [4.78, 5) is 24.1. The largest absolute Gasteiger partial charge is 0.481 e. The van der Waals surface area contributed by atoms with Gasteiger partial charge in [0.15, 0.2) is 0 Å². The van der Waals surface area contributed by atoms with Gasteiger partial charge in [-0.05, 0) is 37.9 Å². The number of nitrogens with two attached hydrogens (primary N) is 1. The molecule has 7 nitrogen and oxygen atoms in total. The Kier molecular flexibility index (Phi) is 5.60. The lowest BCUT2D eigenvalue weighted by molar-refractivity contribution is -0.136. The number of aryl methyl sites for hydroxylation is 1. The first kappa shape index (κ1) is 19.1. The number of hydrogen-bond acceptors (Lipinski definition) is 6. The fraction of sp³-hybridized carbons (Fsp3) is 0.450. The molecule has 0 unspecified atom stereocenters. The molecule has 144 valence electrons. The number of fused-ring (bicyclic) bond motifs is 1. The second-order valence-electron chi connectivity index (χ2n) is 7.29. The zero-order chi connectivity index (χ0) is 19.6. The fourth-order valence-electron chi connectivity index (χ4n) is 3.77. The van der Waals surface area contributed by atoms with Crippen molar-refractivity contribution in [3.63, 3.8) is 0 Å². The van der Waals surface area contributed by atoms with E-state index in [0.29, 0.717) is 12.5 Å². The van der Waals surface area contributed by atoms with E-state index in [2.05, 4.69) is 51.1 Å². The van der Waals surface area contributed by atoms with Crippen LogP contribution in [0.2, 0.25) is 0 Å². The van der Waals surface area contributed by atoms with Gasteiger partial charge in [0.1, 0.15) is 5.82 Å². The Bertz CT molecular complexity index is 839. The molecule has 0 spiro atoms. The summed E-state index contributed by atoms with van der Waals surface area (Å²) in [7, 11) is 4.12. The summed E-state index contributed by atoms with van der Waals surface area (Å²) in [5.74, 6) is 0.118. The topological polar surface area (TPSA) is 95.6 Å². The smallest absolute Gasteiger partial charge is 0.303 e. The lowest BCUT2D eigenvalue weighted by atomic mass is 9.94. The predicted octanol–water partition coefficient (Wildman–Crippen LogP) is 1.88. The van der Waals surface area contributed by atoms with Crippen LogP contribution in [-0.2, 0) is 24.2 Å². The first-order valence-electron chi connectivity index (χ1n) is 9.18. The molecule has 0 aliphatic carbocycles. The third kappa shape index (κ3) is 4.36. The Labute approximate surface area is 159 Å². The minimum absolute atomic E-state index is 0.0473. The number of likely N-dealkylation sites (N-methyl/N-ethyl adjacent to an activating group) is 2. The number of anilines is 2. The molecule has 2 heterocycles. The highest BCUT2D eigenvalue weighted by atomic mass is 16.4. The highest BCUT2D eigenvalue weighted by molar-refractivity contribution is 5.68. The standard InChI is InChI=1S/C20H27N5O2/c1-13-17(8-9-18(26)27)19(23-20(21)22-13)25(3)12-16-10-14-6-4-5-7-15(14)11-24(16)2/h4-7,16H,8-12H2,1-3H3,(H,26,27)(H2,21,22,23)/t16-/m1/s1. The van der Waals surface area contributed by atoms with Crippen molar-refractivity contribution in [2.24, 2.45) is 0 Å². The summed E-state index contributed by atoms with van der Waals surface area (Å²) in [6, 6.07) is 8.89. The van der Waals surface area contributed by atoms with Crippen LogP contribution < -0.4 is 10.6 Å². The Morgan fingerprint density at radius 2 is 2.04 bits per heavy atom. The molecule has 1 aliphatic rings. The maximum absolute atomic E-state index is 11.0. The van der Waals surface area contributed by atoms with E-state index in [1.807, 2.05) is 14.0 Å². The zero-order valence-corrected chi connectivity index (χ0v) is 16.1. The molecule has 3 rings (SSSR count). The number of carboxylic acid groups (broad SMARTS) is 1. The summed E-state index contributed by atoms with van der Waals surface area (Å²) in [6.45, 7) is 3.56. The second kappa shape index (κ2) is 7.92. The van der Waals surface area contributed by atoms with Crippen molar-refractivity contribution in [3.05, 3.63) is 46.6 Å². The highest BCUT2D eigenvalue weighted by Crippen LogP contribution is 2.26. The van der Waals surface area contributed by atoms with Crippen LogP contribution in [0, 0.1) is 6.92 Å². The van der Waals surface area contributed by atoms with E-state index in [4.69, 9.17) is 10.8 Å². The van der Waals surface area contributed by atoms with Gasteiger partial charge in [0, 0.05) is 43.9 Å². The lowest BCUT2D eigenvalue weighted by Gasteiger charge is -2.37. The number of rotatable bonds is 6. The molecule has 27 heavy (non-hydrogen) atoms. The Hall–Kier alpha value is -2.67. The molecule has 0 saturated heterocycles. The lowest BCUT2D eigenvalue weighted by Crippen LogP contribution is -2.45. The number of carbonyl (C=O) groups is 1. The molecular formula is C20H27N5O2. The SMILES string of the molecule is Cc1nc(N)nc(N(C)C[C@H]2Cc3ccccc3CN2C)c1CCC(=O)O. The average molecular weight is 369 g/mol. The molecule has 0 saturated carbocycles. The molecule has 0 amide bonds. The van der Waals surface area contributed by atoms with E-state index in [0.717, 1.165) is 36.6 Å². The molecule has 0 bridgehead atoms. The van der Waals surface area contributed by atoms with Crippen molar-refractivity contribution in [2.75, 3.05) is 31.3 Å². The van der Waals surface area contributed by atoms with Gasteiger partial charge in [0.25, 0.3) is 0 Å². The van der Waals surface area contributed by atoms with Gasteiger partial charge < -0.3 is 15.7 Å².